The predicted octanol–water partition coefficient (Wildman–Crippen LogP) is 8.26. The van der Waals surface area contributed by atoms with Gasteiger partial charge in [-0.3, -0.25) is 4.79 Å². The minimum absolute atomic E-state index is 0.0301. The third-order valence-electron chi connectivity index (χ3n) is 9.11. The van der Waals surface area contributed by atoms with Gasteiger partial charge in [0.25, 0.3) is 0 Å². The first-order chi connectivity index (χ1) is 17.8. The van der Waals surface area contributed by atoms with Crippen LogP contribution in [0.25, 0.3) is 5.57 Å². The molecule has 0 bridgehead atoms. The number of carbonyl (C=O) groups is 1. The summed E-state index contributed by atoms with van der Waals surface area (Å²) in [6.45, 7) is 8.74. The molecule has 0 saturated carbocycles. The molecule has 37 heavy (non-hydrogen) atoms. The first-order valence-corrected chi connectivity index (χ1v) is 12.9. The molecule has 0 aliphatic heterocycles. The Labute approximate surface area is 220 Å². The molecule has 5 rings (SSSR count). The summed E-state index contributed by atoms with van der Waals surface area (Å²) in [6, 6.07) is 41.0. The van der Waals surface area contributed by atoms with Crippen LogP contribution in [0.15, 0.2) is 127 Å². The van der Waals surface area contributed by atoms with Crippen molar-refractivity contribution in [2.24, 2.45) is 5.41 Å². The zero-order valence-electron chi connectivity index (χ0n) is 22.0. The van der Waals surface area contributed by atoms with E-state index < -0.39 is 22.2 Å². The number of aliphatic carboxylic acids is 1. The summed E-state index contributed by atoms with van der Waals surface area (Å²) >= 11 is 0. The quantitative estimate of drug-likeness (QED) is 0.308. The van der Waals surface area contributed by atoms with Crippen LogP contribution in [0.4, 0.5) is 0 Å². The minimum Gasteiger partial charge on any atom is -0.480 e. The maximum absolute atomic E-state index is 13.9. The maximum Gasteiger partial charge on any atom is 0.319 e. The molecule has 3 unspecified atom stereocenters. The van der Waals surface area contributed by atoms with E-state index in [0.717, 1.165) is 27.8 Å². The fourth-order valence-corrected chi connectivity index (χ4v) is 7.21. The van der Waals surface area contributed by atoms with Crippen molar-refractivity contribution >= 4 is 11.5 Å². The molecule has 0 amide bonds. The number of benzene rings is 4. The van der Waals surface area contributed by atoms with Gasteiger partial charge in [-0.05, 0) is 45.7 Å². The lowest BCUT2D eigenvalue weighted by Crippen LogP contribution is -2.64. The predicted molar refractivity (Wildman–Crippen MR) is 152 cm³/mol. The fourth-order valence-electron chi connectivity index (χ4n) is 7.21. The highest BCUT2D eigenvalue weighted by atomic mass is 16.4. The largest absolute Gasteiger partial charge is 0.480 e. The van der Waals surface area contributed by atoms with Crippen molar-refractivity contribution in [1.82, 2.24) is 0 Å². The van der Waals surface area contributed by atoms with E-state index in [1.807, 2.05) is 72.8 Å². The van der Waals surface area contributed by atoms with Crippen molar-refractivity contribution in [3.05, 3.63) is 149 Å². The molecule has 4 aromatic rings. The number of hydrogen-bond donors (Lipinski definition) is 1. The highest BCUT2D eigenvalue weighted by Crippen LogP contribution is 2.69. The van der Waals surface area contributed by atoms with Gasteiger partial charge in [-0.15, -0.1) is 0 Å². The van der Waals surface area contributed by atoms with Gasteiger partial charge in [0, 0.05) is 11.3 Å². The minimum atomic E-state index is -1.30. The molecule has 0 fully saturated rings. The van der Waals surface area contributed by atoms with Crippen molar-refractivity contribution in [1.29, 1.82) is 0 Å². The Morgan fingerprint density at radius 1 is 0.649 bits per heavy atom. The molecule has 1 aliphatic rings. The first kappa shape index (κ1) is 24.8. The molecule has 1 aliphatic carbocycles. The number of rotatable bonds is 5. The van der Waals surface area contributed by atoms with E-state index in [1.54, 1.807) is 0 Å². The zero-order chi connectivity index (χ0) is 26.3. The number of carboxylic acids is 1. The molecular formula is C35H34O2. The SMILES string of the molecule is CC1=C(c2ccccc2)C(c2ccccc2)C(C)(C)C(C)(c2ccccc2)C1(C(=O)O)c1ccccc1. The summed E-state index contributed by atoms with van der Waals surface area (Å²) in [4.78, 5) is 13.9. The number of hydrogen-bond acceptors (Lipinski definition) is 1. The smallest absolute Gasteiger partial charge is 0.319 e. The monoisotopic (exact) mass is 486 g/mol. The average molecular weight is 487 g/mol. The van der Waals surface area contributed by atoms with Crippen LogP contribution >= 0.6 is 0 Å². The number of allylic oxidation sites excluding steroid dienone is 1. The summed E-state index contributed by atoms with van der Waals surface area (Å²) in [6.07, 6.45) is 0. The van der Waals surface area contributed by atoms with Crippen LogP contribution in [0, 0.1) is 5.41 Å². The second kappa shape index (κ2) is 9.19. The van der Waals surface area contributed by atoms with E-state index >= 15 is 0 Å². The van der Waals surface area contributed by atoms with E-state index in [4.69, 9.17) is 0 Å². The molecule has 0 saturated heterocycles. The fraction of sp³-hybridized carbons (Fsp3) is 0.229. The highest BCUT2D eigenvalue weighted by Gasteiger charge is 2.68. The standard InChI is InChI=1S/C35H34O2/c1-25-30(26-17-9-5-10-18-26)31(27-19-11-6-12-20-27)33(2,3)34(4,28-21-13-7-14-22-28)35(25,32(36)37)29-23-15-8-16-24-29/h5-24,31H,1-4H3,(H,36,37). The highest BCUT2D eigenvalue weighted by molar-refractivity contribution is 5.95. The van der Waals surface area contributed by atoms with Crippen LogP contribution < -0.4 is 0 Å². The lowest BCUT2D eigenvalue weighted by atomic mass is 9.38. The molecule has 0 radical (unpaired) electrons. The first-order valence-electron chi connectivity index (χ1n) is 12.9. The molecule has 4 aromatic carbocycles. The summed E-state index contributed by atoms with van der Waals surface area (Å²) < 4.78 is 0. The Kier molecular flexibility index (Phi) is 6.15. The van der Waals surface area contributed by atoms with Gasteiger partial charge >= 0.3 is 5.97 Å². The summed E-state index contributed by atoms with van der Waals surface area (Å²) in [7, 11) is 0. The Balaban J connectivity index is 2.03. The van der Waals surface area contributed by atoms with Gasteiger partial charge in [-0.1, -0.05) is 142 Å². The lowest BCUT2D eigenvalue weighted by Gasteiger charge is -2.62. The van der Waals surface area contributed by atoms with E-state index in [1.165, 1.54) is 5.56 Å². The van der Waals surface area contributed by atoms with Gasteiger partial charge in [-0.25, -0.2) is 0 Å². The van der Waals surface area contributed by atoms with E-state index in [-0.39, 0.29) is 5.92 Å². The zero-order valence-corrected chi connectivity index (χ0v) is 22.0. The third kappa shape index (κ3) is 3.43. The molecule has 2 nitrogen and oxygen atoms in total. The molecule has 0 heterocycles. The molecule has 2 heteroatoms. The van der Waals surface area contributed by atoms with Gasteiger partial charge in [0.2, 0.25) is 0 Å². The number of carboxylic acid groups (broad SMARTS) is 1. The molecule has 0 aromatic heterocycles. The van der Waals surface area contributed by atoms with Gasteiger partial charge in [0.1, 0.15) is 5.41 Å². The van der Waals surface area contributed by atoms with Gasteiger partial charge in [0.15, 0.2) is 0 Å². The van der Waals surface area contributed by atoms with E-state index in [9.17, 15) is 9.90 Å². The maximum atomic E-state index is 13.9. The van der Waals surface area contributed by atoms with Gasteiger partial charge < -0.3 is 5.11 Å². The van der Waals surface area contributed by atoms with Crippen molar-refractivity contribution < 1.29 is 9.90 Å². The van der Waals surface area contributed by atoms with Gasteiger partial charge in [-0.2, -0.15) is 0 Å². The van der Waals surface area contributed by atoms with Crippen LogP contribution in [-0.4, -0.2) is 11.1 Å². The molecule has 3 atom stereocenters. The van der Waals surface area contributed by atoms with Crippen molar-refractivity contribution in [2.75, 3.05) is 0 Å². The van der Waals surface area contributed by atoms with Crippen LogP contribution in [0.3, 0.4) is 0 Å². The van der Waals surface area contributed by atoms with E-state index in [0.29, 0.717) is 0 Å². The second-order valence-corrected chi connectivity index (χ2v) is 10.9. The summed E-state index contributed by atoms with van der Waals surface area (Å²) in [5, 5.41) is 11.4. The van der Waals surface area contributed by atoms with Gasteiger partial charge in [0.05, 0.1) is 0 Å². The third-order valence-corrected chi connectivity index (χ3v) is 9.11. The van der Waals surface area contributed by atoms with Crippen LogP contribution in [-0.2, 0) is 15.6 Å². The Morgan fingerprint density at radius 3 is 1.57 bits per heavy atom. The average Bonchev–Trinajstić information content (AvgIpc) is 2.93. The summed E-state index contributed by atoms with van der Waals surface area (Å²) in [5.41, 5.74) is 3.48. The van der Waals surface area contributed by atoms with Crippen LogP contribution in [0.1, 0.15) is 55.9 Å². The summed E-state index contributed by atoms with van der Waals surface area (Å²) in [5.74, 6) is -0.854. The molecule has 186 valence electrons. The topological polar surface area (TPSA) is 37.3 Å². The van der Waals surface area contributed by atoms with Crippen molar-refractivity contribution in [3.8, 4) is 0 Å². The second-order valence-electron chi connectivity index (χ2n) is 10.9. The van der Waals surface area contributed by atoms with Crippen LogP contribution in [0.2, 0.25) is 0 Å². The van der Waals surface area contributed by atoms with E-state index in [2.05, 4.69) is 76.2 Å². The molecular weight excluding hydrogens is 452 g/mol. The Hall–Kier alpha value is -3.91. The van der Waals surface area contributed by atoms with Crippen LogP contribution in [0.5, 0.6) is 0 Å². The Morgan fingerprint density at radius 2 is 1.08 bits per heavy atom. The molecule has 1 N–H and O–H groups in total. The molecule has 0 spiro atoms. The Bertz CT molecular complexity index is 1420. The normalized spacial score (nSPS) is 25.0. The van der Waals surface area contributed by atoms with Crippen molar-refractivity contribution in [2.45, 2.75) is 44.4 Å². The lowest BCUT2D eigenvalue weighted by molar-refractivity contribution is -0.148. The van der Waals surface area contributed by atoms with Crippen molar-refractivity contribution in [3.63, 3.8) is 0 Å².